The molecule has 3 saturated carbocycles. The lowest BCUT2D eigenvalue weighted by Gasteiger charge is -2.32. The van der Waals surface area contributed by atoms with Crippen molar-refractivity contribution in [2.24, 2.45) is 23.7 Å². The number of hydrogen-bond acceptors (Lipinski definition) is 3. The zero-order valence-electron chi connectivity index (χ0n) is 10.8. The first-order valence-corrected chi connectivity index (χ1v) is 7.20. The zero-order valence-corrected chi connectivity index (χ0v) is 10.8. The molecule has 3 rings (SSSR count). The van der Waals surface area contributed by atoms with Gasteiger partial charge >= 0.3 is 0 Å². The van der Waals surface area contributed by atoms with Crippen LogP contribution in [0.4, 0.5) is 0 Å². The van der Waals surface area contributed by atoms with Crippen molar-refractivity contribution >= 4 is 0 Å². The summed E-state index contributed by atoms with van der Waals surface area (Å²) in [6.07, 6.45) is 6.87. The second-order valence-corrected chi connectivity index (χ2v) is 6.28. The van der Waals surface area contributed by atoms with Gasteiger partial charge in [-0.2, -0.15) is 0 Å². The van der Waals surface area contributed by atoms with Crippen LogP contribution in [0.3, 0.4) is 0 Å². The number of aliphatic hydroxyl groups excluding tert-OH is 1. The van der Waals surface area contributed by atoms with Gasteiger partial charge in [0.1, 0.15) is 0 Å². The Kier molecular flexibility index (Phi) is 3.42. The van der Waals surface area contributed by atoms with Crippen LogP contribution in [0, 0.1) is 23.7 Å². The number of nitrogens with one attached hydrogen (secondary N) is 1. The fraction of sp³-hybridized carbons (Fsp3) is 1.00. The predicted octanol–water partition coefficient (Wildman–Crippen LogP) is 1.41. The highest BCUT2D eigenvalue weighted by Gasteiger charge is 2.53. The van der Waals surface area contributed by atoms with Crippen LogP contribution in [-0.2, 0) is 4.74 Å². The molecule has 98 valence electrons. The fourth-order valence-electron chi connectivity index (χ4n) is 4.84. The average molecular weight is 239 g/mol. The second kappa shape index (κ2) is 4.87. The van der Waals surface area contributed by atoms with Crippen LogP contribution in [0.2, 0.25) is 0 Å². The molecule has 0 saturated heterocycles. The van der Waals surface area contributed by atoms with Gasteiger partial charge in [0.05, 0.1) is 12.7 Å². The first kappa shape index (κ1) is 11.9. The predicted molar refractivity (Wildman–Crippen MR) is 66.7 cm³/mol. The topological polar surface area (TPSA) is 41.5 Å². The Morgan fingerprint density at radius 1 is 1.24 bits per heavy atom. The molecule has 3 heteroatoms. The molecule has 0 spiro atoms. The van der Waals surface area contributed by atoms with Crippen LogP contribution in [0.5, 0.6) is 0 Å². The maximum Gasteiger partial charge on any atom is 0.0897 e. The lowest BCUT2D eigenvalue weighted by molar-refractivity contribution is 0.0592. The van der Waals surface area contributed by atoms with Crippen molar-refractivity contribution in [3.05, 3.63) is 0 Å². The summed E-state index contributed by atoms with van der Waals surface area (Å²) in [5, 5.41) is 13.3. The van der Waals surface area contributed by atoms with Crippen molar-refractivity contribution < 1.29 is 9.84 Å². The fourth-order valence-corrected chi connectivity index (χ4v) is 4.84. The molecule has 0 radical (unpaired) electrons. The Bertz CT molecular complexity index is 271. The van der Waals surface area contributed by atoms with Gasteiger partial charge in [-0.3, -0.25) is 0 Å². The van der Waals surface area contributed by atoms with Crippen molar-refractivity contribution in [3.8, 4) is 0 Å². The van der Waals surface area contributed by atoms with E-state index in [1.54, 1.807) is 7.11 Å². The van der Waals surface area contributed by atoms with Gasteiger partial charge in [0.15, 0.2) is 0 Å². The quantitative estimate of drug-likeness (QED) is 0.762. The third-order valence-electron chi connectivity index (χ3n) is 5.40. The van der Waals surface area contributed by atoms with Crippen LogP contribution in [0.25, 0.3) is 0 Å². The van der Waals surface area contributed by atoms with E-state index in [-0.39, 0.29) is 6.10 Å². The smallest absolute Gasteiger partial charge is 0.0897 e. The van der Waals surface area contributed by atoms with Crippen molar-refractivity contribution in [2.75, 3.05) is 20.3 Å². The second-order valence-electron chi connectivity index (χ2n) is 6.28. The summed E-state index contributed by atoms with van der Waals surface area (Å²) < 4.78 is 4.96. The summed E-state index contributed by atoms with van der Waals surface area (Å²) in [4.78, 5) is 0. The summed E-state index contributed by atoms with van der Waals surface area (Å²) >= 11 is 0. The number of rotatable bonds is 5. The van der Waals surface area contributed by atoms with E-state index < -0.39 is 0 Å². The minimum atomic E-state index is -0.349. The minimum Gasteiger partial charge on any atom is -0.389 e. The Morgan fingerprint density at radius 2 is 2.06 bits per heavy atom. The average Bonchev–Trinajstić information content (AvgIpc) is 2.98. The lowest BCUT2D eigenvalue weighted by atomic mass is 9.79. The van der Waals surface area contributed by atoms with E-state index in [1.165, 1.54) is 32.1 Å². The molecule has 0 amide bonds. The van der Waals surface area contributed by atoms with Crippen molar-refractivity contribution in [1.82, 2.24) is 5.32 Å². The first-order valence-electron chi connectivity index (χ1n) is 7.20. The van der Waals surface area contributed by atoms with Crippen LogP contribution >= 0.6 is 0 Å². The van der Waals surface area contributed by atoms with Gasteiger partial charge in [0.2, 0.25) is 0 Å². The molecule has 0 aromatic heterocycles. The van der Waals surface area contributed by atoms with Gasteiger partial charge in [-0.15, -0.1) is 0 Å². The third kappa shape index (κ3) is 2.13. The van der Waals surface area contributed by atoms with Crippen LogP contribution < -0.4 is 5.32 Å². The van der Waals surface area contributed by atoms with Gasteiger partial charge < -0.3 is 15.2 Å². The van der Waals surface area contributed by atoms with Gasteiger partial charge in [-0.1, -0.05) is 6.42 Å². The van der Waals surface area contributed by atoms with Crippen molar-refractivity contribution in [3.63, 3.8) is 0 Å². The summed E-state index contributed by atoms with van der Waals surface area (Å²) in [6, 6.07) is 0.672. The molecule has 3 aliphatic carbocycles. The standard InChI is InChI=1S/C14H25NO2/c1-17-8-10(16)7-15-14-6-9-5-13(14)12-4-2-3-11(9)12/h9-16H,2-8H2,1H3. The molecule has 0 aromatic rings. The molecular formula is C14H25NO2. The number of methoxy groups -OCH3 is 1. The van der Waals surface area contributed by atoms with E-state index in [1.807, 2.05) is 0 Å². The molecule has 3 aliphatic rings. The number of fused-ring (bicyclic) bond motifs is 5. The monoisotopic (exact) mass is 239 g/mol. The maximum absolute atomic E-state index is 9.68. The van der Waals surface area contributed by atoms with Crippen molar-refractivity contribution in [1.29, 1.82) is 0 Å². The molecule has 0 heterocycles. The molecule has 3 nitrogen and oxygen atoms in total. The van der Waals surface area contributed by atoms with E-state index in [9.17, 15) is 5.11 Å². The molecule has 6 atom stereocenters. The largest absolute Gasteiger partial charge is 0.389 e. The normalized spacial score (nSPS) is 45.2. The minimum absolute atomic E-state index is 0.349. The number of ether oxygens (including phenoxy) is 1. The van der Waals surface area contributed by atoms with Gasteiger partial charge in [0.25, 0.3) is 0 Å². The zero-order chi connectivity index (χ0) is 11.8. The SMILES string of the molecule is COCC(O)CNC1CC2CC1C1CCCC21. The Hall–Kier alpha value is -0.120. The van der Waals surface area contributed by atoms with Gasteiger partial charge in [-0.25, -0.2) is 0 Å². The van der Waals surface area contributed by atoms with E-state index in [2.05, 4.69) is 5.32 Å². The Labute approximate surface area is 104 Å². The number of hydrogen-bond donors (Lipinski definition) is 2. The highest BCUT2D eigenvalue weighted by Crippen LogP contribution is 2.58. The molecule has 17 heavy (non-hydrogen) atoms. The van der Waals surface area contributed by atoms with Gasteiger partial charge in [-0.05, 0) is 49.4 Å². The van der Waals surface area contributed by atoms with E-state index in [0.29, 0.717) is 19.2 Å². The van der Waals surface area contributed by atoms with Crippen LogP contribution in [-0.4, -0.2) is 37.5 Å². The maximum atomic E-state index is 9.68. The highest BCUT2D eigenvalue weighted by molar-refractivity contribution is 5.05. The van der Waals surface area contributed by atoms with Gasteiger partial charge in [0, 0.05) is 19.7 Å². The molecule has 0 aromatic carbocycles. The molecule has 2 N–H and O–H groups in total. The van der Waals surface area contributed by atoms with E-state index >= 15 is 0 Å². The summed E-state index contributed by atoms with van der Waals surface area (Å²) in [5.74, 6) is 3.96. The summed E-state index contributed by atoms with van der Waals surface area (Å²) in [7, 11) is 1.64. The molecule has 6 unspecified atom stereocenters. The highest BCUT2D eigenvalue weighted by atomic mass is 16.5. The lowest BCUT2D eigenvalue weighted by Crippen LogP contribution is -2.43. The van der Waals surface area contributed by atoms with Crippen LogP contribution in [0.1, 0.15) is 32.1 Å². The number of aliphatic hydroxyl groups is 1. The molecule has 2 bridgehead atoms. The first-order chi connectivity index (χ1) is 8.29. The van der Waals surface area contributed by atoms with Crippen LogP contribution in [0.15, 0.2) is 0 Å². The van der Waals surface area contributed by atoms with E-state index in [4.69, 9.17) is 4.74 Å². The Balaban J connectivity index is 1.50. The third-order valence-corrected chi connectivity index (χ3v) is 5.40. The molecular weight excluding hydrogens is 214 g/mol. The summed E-state index contributed by atoms with van der Waals surface area (Å²) in [5.41, 5.74) is 0. The summed E-state index contributed by atoms with van der Waals surface area (Å²) in [6.45, 7) is 1.14. The van der Waals surface area contributed by atoms with E-state index in [0.717, 1.165) is 23.7 Å². The van der Waals surface area contributed by atoms with Crippen molar-refractivity contribution in [2.45, 2.75) is 44.2 Å². The Morgan fingerprint density at radius 3 is 2.88 bits per heavy atom. The molecule has 0 aliphatic heterocycles. The molecule has 3 fully saturated rings.